The van der Waals surface area contributed by atoms with Crippen molar-refractivity contribution in [2.24, 2.45) is 10.8 Å². The van der Waals surface area contributed by atoms with E-state index in [0.717, 1.165) is 62.9 Å². The Morgan fingerprint density at radius 1 is 0.558 bits per heavy atom. The number of aliphatic hydroxyl groups excluding tert-OH is 2. The number of unbranched alkanes of at least 4 members (excludes halogenated alkanes) is 2. The van der Waals surface area contributed by atoms with Crippen LogP contribution in [0.2, 0.25) is 0 Å². The van der Waals surface area contributed by atoms with Gasteiger partial charge in [-0.05, 0) is 120 Å². The third kappa shape index (κ3) is 8.45. The number of aliphatic hydroxyl groups is 2. The first-order valence-electron chi connectivity index (χ1n) is 20.1. The second-order valence-electron chi connectivity index (χ2n) is 15.4. The highest BCUT2D eigenvalue weighted by Gasteiger charge is 2.45. The van der Waals surface area contributed by atoms with Crippen LogP contribution in [-0.2, 0) is 12.8 Å². The summed E-state index contributed by atoms with van der Waals surface area (Å²) in [6.45, 7) is 8.97. The number of benzene rings is 4. The van der Waals surface area contributed by atoms with E-state index in [1.807, 2.05) is 24.3 Å². The number of hydrogen-bond donors (Lipinski definition) is 2. The zero-order chi connectivity index (χ0) is 37.1. The van der Waals surface area contributed by atoms with E-state index < -0.39 is 0 Å². The Hall–Kier alpha value is -3.60. The minimum absolute atomic E-state index is 0.0245. The Morgan fingerprint density at radius 2 is 0.942 bits per heavy atom. The van der Waals surface area contributed by atoms with Crippen LogP contribution in [0.25, 0.3) is 0 Å². The highest BCUT2D eigenvalue weighted by molar-refractivity contribution is 5.46. The monoisotopic (exact) mass is 704 g/mol. The van der Waals surface area contributed by atoms with Gasteiger partial charge in [-0.3, -0.25) is 0 Å². The molecule has 4 aromatic rings. The molecule has 0 fully saturated rings. The lowest BCUT2D eigenvalue weighted by atomic mass is 9.67. The fraction of sp³-hybridized carbons (Fsp3) is 0.500. The molecule has 0 spiro atoms. The smallest absolute Gasteiger partial charge is 0.119 e. The minimum Gasteiger partial charge on any atom is -0.497 e. The lowest BCUT2D eigenvalue weighted by Gasteiger charge is -2.40. The molecule has 0 saturated heterocycles. The van der Waals surface area contributed by atoms with Gasteiger partial charge in [0.25, 0.3) is 0 Å². The van der Waals surface area contributed by atoms with E-state index in [2.05, 4.69) is 100 Å². The molecule has 2 aliphatic rings. The molecule has 0 radical (unpaired) electrons. The number of rotatable bonds is 12. The molecule has 4 aromatic carbocycles. The van der Waals surface area contributed by atoms with Gasteiger partial charge in [-0.25, -0.2) is 0 Å². The van der Waals surface area contributed by atoms with Crippen molar-refractivity contribution in [1.29, 1.82) is 0 Å². The molecule has 0 amide bonds. The van der Waals surface area contributed by atoms with Gasteiger partial charge in [0.05, 0.1) is 26.4 Å². The fourth-order valence-electron chi connectivity index (χ4n) is 9.34. The average Bonchev–Trinajstić information content (AvgIpc) is 3.40. The Bertz CT molecular complexity index is 1540. The number of hydrogen-bond acceptors (Lipinski definition) is 4. The molecule has 4 nitrogen and oxygen atoms in total. The van der Waals surface area contributed by atoms with Crippen LogP contribution >= 0.6 is 0 Å². The van der Waals surface area contributed by atoms with Gasteiger partial charge < -0.3 is 19.7 Å². The second kappa shape index (κ2) is 18.4. The molecule has 6 rings (SSSR count). The highest BCUT2D eigenvalue weighted by Crippen LogP contribution is 2.51. The second-order valence-corrected chi connectivity index (χ2v) is 15.4. The van der Waals surface area contributed by atoms with Crippen molar-refractivity contribution >= 4 is 0 Å². The first-order valence-corrected chi connectivity index (χ1v) is 20.1. The molecule has 0 unspecified atom stereocenters. The Balaban J connectivity index is 0.000000201. The molecule has 280 valence electrons. The maximum absolute atomic E-state index is 11.7. The standard InChI is InChI=1S/2C24H32O2/c2*1-4-6-15-24(5-2)16-14-19-17-20(26-3)12-13-21(19)22(23(24)25)18-10-8-7-9-11-18/h2*7-13,17,22-23,25H,4-6,14-16H2,1-3H3/t22-,23-,24+;22-,23-,24-/m01/s1. The Morgan fingerprint density at radius 3 is 1.27 bits per heavy atom. The van der Waals surface area contributed by atoms with Crippen molar-refractivity contribution in [1.82, 2.24) is 0 Å². The third-order valence-electron chi connectivity index (χ3n) is 12.8. The van der Waals surface area contributed by atoms with Crippen LogP contribution in [0, 0.1) is 10.8 Å². The van der Waals surface area contributed by atoms with Gasteiger partial charge in [0, 0.05) is 11.8 Å². The van der Waals surface area contributed by atoms with E-state index in [1.54, 1.807) is 14.2 Å². The molecule has 0 saturated carbocycles. The van der Waals surface area contributed by atoms with Crippen molar-refractivity contribution in [2.75, 3.05) is 14.2 Å². The Labute approximate surface area is 314 Å². The normalized spacial score (nSPS) is 25.4. The van der Waals surface area contributed by atoms with Crippen LogP contribution in [-0.4, -0.2) is 36.6 Å². The third-order valence-corrected chi connectivity index (χ3v) is 12.8. The lowest BCUT2D eigenvalue weighted by Crippen LogP contribution is -2.38. The topological polar surface area (TPSA) is 58.9 Å². The van der Waals surface area contributed by atoms with Gasteiger partial charge in [-0.2, -0.15) is 0 Å². The van der Waals surface area contributed by atoms with E-state index in [4.69, 9.17) is 9.47 Å². The number of aryl methyl sites for hydroxylation is 2. The van der Waals surface area contributed by atoms with Crippen molar-refractivity contribution in [2.45, 2.75) is 129 Å². The van der Waals surface area contributed by atoms with Crippen LogP contribution in [0.15, 0.2) is 97.1 Å². The maximum Gasteiger partial charge on any atom is 0.119 e. The molecule has 4 heteroatoms. The maximum atomic E-state index is 11.7. The molecular formula is C48H64O4. The Kier molecular flexibility index (Phi) is 14.0. The fourth-order valence-corrected chi connectivity index (χ4v) is 9.34. The predicted octanol–water partition coefficient (Wildman–Crippen LogP) is 11.4. The van der Waals surface area contributed by atoms with Gasteiger partial charge in [0.15, 0.2) is 0 Å². The van der Waals surface area contributed by atoms with E-state index in [1.165, 1.54) is 59.1 Å². The summed E-state index contributed by atoms with van der Waals surface area (Å²) in [5.74, 6) is 1.86. The van der Waals surface area contributed by atoms with Crippen molar-refractivity contribution < 1.29 is 19.7 Å². The van der Waals surface area contributed by atoms with Crippen molar-refractivity contribution in [3.05, 3.63) is 130 Å². The van der Waals surface area contributed by atoms with Crippen molar-refractivity contribution in [3.63, 3.8) is 0 Å². The number of fused-ring (bicyclic) bond motifs is 2. The summed E-state index contributed by atoms with van der Waals surface area (Å²) in [6.07, 6.45) is 12.3. The molecule has 6 atom stereocenters. The zero-order valence-electron chi connectivity index (χ0n) is 32.7. The molecule has 2 N–H and O–H groups in total. The van der Waals surface area contributed by atoms with E-state index >= 15 is 0 Å². The minimum atomic E-state index is -0.365. The van der Waals surface area contributed by atoms with Gasteiger partial charge >= 0.3 is 0 Å². The molecule has 0 bridgehead atoms. The van der Waals surface area contributed by atoms with E-state index in [0.29, 0.717) is 0 Å². The molecule has 2 aliphatic carbocycles. The average molecular weight is 705 g/mol. The van der Waals surface area contributed by atoms with Crippen LogP contribution in [0.1, 0.15) is 137 Å². The first kappa shape index (κ1) is 39.6. The summed E-state index contributed by atoms with van der Waals surface area (Å²) < 4.78 is 10.9. The number of ether oxygens (including phenoxy) is 2. The molecule has 0 aliphatic heterocycles. The first-order chi connectivity index (χ1) is 25.3. The molecule has 0 heterocycles. The van der Waals surface area contributed by atoms with E-state index in [9.17, 15) is 10.2 Å². The quantitative estimate of drug-likeness (QED) is 0.144. The lowest BCUT2D eigenvalue weighted by molar-refractivity contribution is -0.00163. The summed E-state index contributed by atoms with van der Waals surface area (Å²) in [5, 5.41) is 23.4. The van der Waals surface area contributed by atoms with Gasteiger partial charge in [-0.15, -0.1) is 0 Å². The molecule has 52 heavy (non-hydrogen) atoms. The van der Waals surface area contributed by atoms with Crippen LogP contribution in [0.5, 0.6) is 11.5 Å². The van der Waals surface area contributed by atoms with Gasteiger partial charge in [0.2, 0.25) is 0 Å². The summed E-state index contributed by atoms with van der Waals surface area (Å²) in [7, 11) is 3.44. The van der Waals surface area contributed by atoms with Crippen molar-refractivity contribution in [3.8, 4) is 11.5 Å². The summed E-state index contributed by atoms with van der Waals surface area (Å²) in [4.78, 5) is 0. The largest absolute Gasteiger partial charge is 0.497 e. The zero-order valence-corrected chi connectivity index (χ0v) is 32.7. The SMILES string of the molecule is CCCC[C@]1(CC)CCc2cc(OC)ccc2[C@@H](c2ccccc2)[C@H]1O.CCCC[C@]1(CC)CCc2cc(OC)ccc2[C@H](c2ccccc2)[C@@H]1O. The van der Waals surface area contributed by atoms with Crippen LogP contribution in [0.4, 0.5) is 0 Å². The summed E-state index contributed by atoms with van der Waals surface area (Å²) in [6, 6.07) is 33.8. The molecule has 0 aromatic heterocycles. The summed E-state index contributed by atoms with van der Waals surface area (Å²) in [5.41, 5.74) is 7.54. The van der Waals surface area contributed by atoms with Crippen LogP contribution in [0.3, 0.4) is 0 Å². The highest BCUT2D eigenvalue weighted by atomic mass is 16.5. The van der Waals surface area contributed by atoms with Gasteiger partial charge in [0.1, 0.15) is 11.5 Å². The molecular weight excluding hydrogens is 641 g/mol. The summed E-state index contributed by atoms with van der Waals surface area (Å²) >= 11 is 0. The predicted molar refractivity (Wildman–Crippen MR) is 216 cm³/mol. The number of methoxy groups -OCH3 is 2. The van der Waals surface area contributed by atoms with E-state index in [-0.39, 0.29) is 34.9 Å². The van der Waals surface area contributed by atoms with Crippen LogP contribution < -0.4 is 9.47 Å². The van der Waals surface area contributed by atoms with Gasteiger partial charge in [-0.1, -0.05) is 126 Å².